The van der Waals surface area contributed by atoms with Crippen LogP contribution in [0.5, 0.6) is 11.5 Å². The minimum absolute atomic E-state index is 0.00911. The lowest BCUT2D eigenvalue weighted by Crippen LogP contribution is -2.14. The maximum Gasteiger partial charge on any atom is 0.230 e. The third-order valence-corrected chi connectivity index (χ3v) is 4.67. The average molecular weight is 349 g/mol. The number of aromatic nitrogens is 2. The number of benzene rings is 1. The fraction of sp³-hybridized carbons (Fsp3) is 0.438. The van der Waals surface area contributed by atoms with Crippen LogP contribution in [0.2, 0.25) is 0 Å². The van der Waals surface area contributed by atoms with Gasteiger partial charge in [-0.1, -0.05) is 17.4 Å². The predicted octanol–water partition coefficient (Wildman–Crippen LogP) is 2.59. The molecule has 8 heteroatoms. The second kappa shape index (κ2) is 7.59. The van der Waals surface area contributed by atoms with E-state index >= 15 is 0 Å². The number of rotatable bonds is 6. The van der Waals surface area contributed by atoms with Gasteiger partial charge in [0, 0.05) is 18.2 Å². The Labute approximate surface area is 144 Å². The smallest absolute Gasteiger partial charge is 0.230 e. The number of nitrogens with one attached hydrogen (secondary N) is 1. The Kier molecular flexibility index (Phi) is 5.27. The lowest BCUT2D eigenvalue weighted by molar-refractivity contribution is -0.115. The Morgan fingerprint density at radius 3 is 2.96 bits per heavy atom. The number of carbonyl (C=O) groups excluding carboxylic acids is 1. The highest BCUT2D eigenvalue weighted by Crippen LogP contribution is 2.32. The Hall–Kier alpha value is -2.19. The van der Waals surface area contributed by atoms with Crippen LogP contribution in [0.15, 0.2) is 18.2 Å². The molecule has 128 valence electrons. The fourth-order valence-electron chi connectivity index (χ4n) is 2.52. The zero-order valence-electron chi connectivity index (χ0n) is 13.6. The third-order valence-electron chi connectivity index (χ3n) is 3.74. The fourth-order valence-corrected chi connectivity index (χ4v) is 3.37. The molecule has 7 nitrogen and oxygen atoms in total. The molecular formula is C16H19N3O4S. The van der Waals surface area contributed by atoms with Crippen LogP contribution in [0, 0.1) is 0 Å². The number of hydrogen-bond donors (Lipinski definition) is 1. The molecule has 0 aliphatic carbocycles. The van der Waals surface area contributed by atoms with Gasteiger partial charge in [-0.2, -0.15) is 0 Å². The Balaban J connectivity index is 1.63. The molecule has 3 rings (SSSR count). The third kappa shape index (κ3) is 3.82. The molecule has 0 radical (unpaired) electrons. The van der Waals surface area contributed by atoms with Crippen molar-refractivity contribution in [1.82, 2.24) is 10.2 Å². The molecule has 1 amide bonds. The molecule has 1 saturated heterocycles. The van der Waals surface area contributed by atoms with E-state index in [0.29, 0.717) is 16.6 Å². The van der Waals surface area contributed by atoms with Crippen molar-refractivity contribution in [3.8, 4) is 11.5 Å². The van der Waals surface area contributed by atoms with E-state index in [4.69, 9.17) is 14.2 Å². The summed E-state index contributed by atoms with van der Waals surface area (Å²) in [7, 11) is 3.15. The van der Waals surface area contributed by atoms with Crippen LogP contribution in [-0.4, -0.2) is 36.9 Å². The summed E-state index contributed by atoms with van der Waals surface area (Å²) in [5, 5.41) is 12.2. The number of hydrogen-bond acceptors (Lipinski definition) is 7. The van der Waals surface area contributed by atoms with E-state index in [-0.39, 0.29) is 18.4 Å². The first-order valence-corrected chi connectivity index (χ1v) is 8.47. The van der Waals surface area contributed by atoms with Crippen LogP contribution in [0.1, 0.15) is 29.5 Å². The van der Waals surface area contributed by atoms with Gasteiger partial charge in [0.2, 0.25) is 11.0 Å². The van der Waals surface area contributed by atoms with Gasteiger partial charge in [-0.25, -0.2) is 0 Å². The van der Waals surface area contributed by atoms with E-state index < -0.39 is 0 Å². The first kappa shape index (κ1) is 16.7. The zero-order chi connectivity index (χ0) is 16.9. The van der Waals surface area contributed by atoms with E-state index in [1.807, 2.05) is 6.07 Å². The van der Waals surface area contributed by atoms with Gasteiger partial charge in [-0.3, -0.25) is 4.79 Å². The van der Waals surface area contributed by atoms with Crippen LogP contribution < -0.4 is 14.8 Å². The average Bonchev–Trinajstić information content (AvgIpc) is 3.26. The molecule has 1 unspecified atom stereocenters. The second-order valence-electron chi connectivity index (χ2n) is 5.35. The maximum atomic E-state index is 12.2. The van der Waals surface area contributed by atoms with Crippen molar-refractivity contribution in [1.29, 1.82) is 0 Å². The second-order valence-corrected chi connectivity index (χ2v) is 6.36. The lowest BCUT2D eigenvalue weighted by atomic mass is 10.1. The number of anilines is 1. The Bertz CT molecular complexity index is 713. The van der Waals surface area contributed by atoms with Gasteiger partial charge in [0.1, 0.15) is 22.6 Å². The molecule has 1 N–H and O–H groups in total. The van der Waals surface area contributed by atoms with Crippen molar-refractivity contribution in [2.45, 2.75) is 25.4 Å². The number of nitrogens with zero attached hydrogens (tertiary/aromatic N) is 2. The number of ether oxygens (including phenoxy) is 3. The van der Waals surface area contributed by atoms with Crippen LogP contribution in [-0.2, 0) is 16.0 Å². The highest BCUT2D eigenvalue weighted by Gasteiger charge is 2.22. The summed E-state index contributed by atoms with van der Waals surface area (Å²) in [6.07, 6.45) is 2.17. The molecule has 1 aromatic heterocycles. The standard InChI is InChI=1S/C16H19N3O4S/c1-21-11-6-5-10(13(9-11)22-2)8-14(20)17-16-19-18-15(24-16)12-4-3-7-23-12/h5-6,9,12H,3-4,7-8H2,1-2H3,(H,17,19,20). The Morgan fingerprint density at radius 1 is 1.38 bits per heavy atom. The topological polar surface area (TPSA) is 82.6 Å². The van der Waals surface area contributed by atoms with Gasteiger partial charge in [-0.15, -0.1) is 10.2 Å². The summed E-state index contributed by atoms with van der Waals surface area (Å²) in [6, 6.07) is 5.36. The van der Waals surface area contributed by atoms with Crippen molar-refractivity contribution in [3.05, 3.63) is 28.8 Å². The molecule has 1 aromatic carbocycles. The summed E-state index contributed by atoms with van der Waals surface area (Å²) in [6.45, 7) is 0.753. The van der Waals surface area contributed by atoms with E-state index in [9.17, 15) is 4.79 Å². The molecule has 2 aromatic rings. The highest BCUT2D eigenvalue weighted by atomic mass is 32.1. The number of methoxy groups -OCH3 is 2. The van der Waals surface area contributed by atoms with Gasteiger partial charge < -0.3 is 19.5 Å². The SMILES string of the molecule is COc1ccc(CC(=O)Nc2nnc(C3CCCO3)s2)c(OC)c1. The first-order valence-electron chi connectivity index (χ1n) is 7.65. The van der Waals surface area contributed by atoms with Crippen LogP contribution in [0.25, 0.3) is 0 Å². The molecule has 1 aliphatic heterocycles. The van der Waals surface area contributed by atoms with Gasteiger partial charge >= 0.3 is 0 Å². The van der Waals surface area contributed by atoms with Gasteiger partial charge in [-0.05, 0) is 18.9 Å². The zero-order valence-corrected chi connectivity index (χ0v) is 14.4. The molecule has 1 atom stereocenters. The van der Waals surface area contributed by atoms with Gasteiger partial charge in [0.15, 0.2) is 0 Å². The maximum absolute atomic E-state index is 12.2. The van der Waals surface area contributed by atoms with Crippen LogP contribution in [0.3, 0.4) is 0 Å². The van der Waals surface area contributed by atoms with Crippen LogP contribution in [0.4, 0.5) is 5.13 Å². The summed E-state index contributed by atoms with van der Waals surface area (Å²) in [4.78, 5) is 12.2. The van der Waals surface area contributed by atoms with Crippen molar-refractivity contribution in [3.63, 3.8) is 0 Å². The molecule has 1 aliphatic rings. The lowest BCUT2D eigenvalue weighted by Gasteiger charge is -2.09. The van der Waals surface area contributed by atoms with E-state index in [2.05, 4.69) is 15.5 Å². The predicted molar refractivity (Wildman–Crippen MR) is 89.7 cm³/mol. The molecule has 0 bridgehead atoms. The Morgan fingerprint density at radius 2 is 2.25 bits per heavy atom. The monoisotopic (exact) mass is 349 g/mol. The van der Waals surface area contributed by atoms with Gasteiger partial charge in [0.05, 0.1) is 20.6 Å². The minimum atomic E-state index is -0.173. The summed E-state index contributed by atoms with van der Waals surface area (Å²) >= 11 is 1.35. The van der Waals surface area contributed by atoms with Crippen molar-refractivity contribution < 1.29 is 19.0 Å². The molecule has 0 saturated carbocycles. The van der Waals surface area contributed by atoms with E-state index in [1.54, 1.807) is 26.4 Å². The van der Waals surface area contributed by atoms with Gasteiger partial charge in [0.25, 0.3) is 0 Å². The van der Waals surface area contributed by atoms with Crippen molar-refractivity contribution in [2.75, 3.05) is 26.1 Å². The number of carbonyl (C=O) groups is 1. The minimum Gasteiger partial charge on any atom is -0.497 e. The quantitative estimate of drug-likeness (QED) is 0.863. The first-order chi connectivity index (χ1) is 11.7. The normalized spacial score (nSPS) is 16.8. The van der Waals surface area contributed by atoms with Crippen LogP contribution >= 0.6 is 11.3 Å². The van der Waals surface area contributed by atoms with E-state index in [1.165, 1.54) is 11.3 Å². The summed E-state index contributed by atoms with van der Waals surface area (Å²) in [5.41, 5.74) is 0.777. The molecule has 1 fully saturated rings. The molecule has 2 heterocycles. The van der Waals surface area contributed by atoms with Crippen molar-refractivity contribution >= 4 is 22.4 Å². The summed E-state index contributed by atoms with van der Waals surface area (Å²) < 4.78 is 16.0. The number of amides is 1. The highest BCUT2D eigenvalue weighted by molar-refractivity contribution is 7.15. The summed E-state index contributed by atoms with van der Waals surface area (Å²) in [5.74, 6) is 1.12. The molecule has 0 spiro atoms. The largest absolute Gasteiger partial charge is 0.497 e. The van der Waals surface area contributed by atoms with E-state index in [0.717, 1.165) is 30.0 Å². The molecule has 24 heavy (non-hydrogen) atoms. The van der Waals surface area contributed by atoms with Crippen molar-refractivity contribution in [2.24, 2.45) is 0 Å². The molecular weight excluding hydrogens is 330 g/mol.